The molecule has 49 heavy (non-hydrogen) atoms. The summed E-state index contributed by atoms with van der Waals surface area (Å²) >= 11 is 0. The third-order valence-electron chi connectivity index (χ3n) is 8.91. The van der Waals surface area contributed by atoms with Gasteiger partial charge in [0.1, 0.15) is 11.6 Å². The van der Waals surface area contributed by atoms with Gasteiger partial charge in [-0.05, 0) is 51.8 Å². The quantitative estimate of drug-likeness (QED) is 0.176. The van der Waals surface area contributed by atoms with Crippen LogP contribution >= 0.6 is 0 Å². The van der Waals surface area contributed by atoms with Crippen LogP contribution in [0.4, 0.5) is 0 Å². The fraction of sp³-hybridized carbons (Fsp3) is 0.182. The van der Waals surface area contributed by atoms with Crippen LogP contribution in [-0.2, 0) is 31.9 Å². The number of benzene rings is 5. The van der Waals surface area contributed by atoms with Gasteiger partial charge in [-0.2, -0.15) is 0 Å². The van der Waals surface area contributed by atoms with E-state index in [9.17, 15) is 5.11 Å². The molecule has 0 saturated carbocycles. The number of para-hydroxylation sites is 3. The van der Waals surface area contributed by atoms with E-state index in [0.29, 0.717) is 11.4 Å². The molecule has 0 atom stereocenters. The Labute approximate surface area is 303 Å². The number of rotatable bonds is 5. The Kier molecular flexibility index (Phi) is 9.22. The maximum Gasteiger partial charge on any atom is 0.148 e. The zero-order valence-corrected chi connectivity index (χ0v) is 31.0. The summed E-state index contributed by atoms with van der Waals surface area (Å²) in [4.78, 5) is 10.1. The summed E-state index contributed by atoms with van der Waals surface area (Å²) in [6.45, 7) is 13.5. The Morgan fingerprint density at radius 2 is 1.22 bits per heavy atom. The number of imidazole rings is 1. The van der Waals surface area contributed by atoms with Gasteiger partial charge in [0.25, 0.3) is 0 Å². The Balaban J connectivity index is 0.00000417. The second kappa shape index (κ2) is 13.3. The molecule has 248 valence electrons. The summed E-state index contributed by atoms with van der Waals surface area (Å²) in [5.41, 5.74) is 11.6. The van der Waals surface area contributed by atoms with E-state index in [0.717, 1.165) is 50.2 Å². The molecule has 0 fully saturated rings. The summed E-state index contributed by atoms with van der Waals surface area (Å²) in [6.07, 6.45) is 1.82. The predicted octanol–water partition coefficient (Wildman–Crippen LogP) is 11.2. The zero-order chi connectivity index (χ0) is 33.6. The zero-order valence-electron chi connectivity index (χ0n) is 28.7. The number of aromatic nitrogens is 3. The van der Waals surface area contributed by atoms with Crippen molar-refractivity contribution < 1.29 is 26.2 Å². The molecule has 0 unspecified atom stereocenters. The molecule has 0 aliphatic carbocycles. The first-order chi connectivity index (χ1) is 23.0. The van der Waals surface area contributed by atoms with Gasteiger partial charge in [0.15, 0.2) is 0 Å². The van der Waals surface area contributed by atoms with Crippen molar-refractivity contribution in [3.8, 4) is 56.3 Å². The third-order valence-corrected chi connectivity index (χ3v) is 8.91. The number of pyridine rings is 1. The minimum absolute atomic E-state index is 0. The number of hydrogen-bond donors (Lipinski definition) is 1. The van der Waals surface area contributed by atoms with Gasteiger partial charge in [-0.25, -0.2) is 4.98 Å². The van der Waals surface area contributed by atoms with Crippen LogP contribution in [0.2, 0.25) is 0 Å². The van der Waals surface area contributed by atoms with E-state index >= 15 is 0 Å². The summed E-state index contributed by atoms with van der Waals surface area (Å²) in [5.74, 6) is 0.887. The second-order valence-corrected chi connectivity index (χ2v) is 14.4. The van der Waals surface area contributed by atoms with E-state index in [-0.39, 0.29) is 37.6 Å². The number of hydrogen-bond acceptors (Lipinski definition) is 3. The smallest absolute Gasteiger partial charge is 0.148 e. The first-order valence-electron chi connectivity index (χ1n) is 16.5. The number of phenols is 1. The standard InChI is InChI=1S/C44H40N3O.Pt/c1-43(2,3)35-20-15-21-36(44(4,5)6)41(35)47-38-23-14-19-33(40(38)46-42(47)34-18-10-11-24-39(34)48)31-26-30(29-16-8-7-9-17-29)27-32(28-31)37-22-12-13-25-45-37;/h7-27,48H,1-6H3;/q-1;. The van der Waals surface area contributed by atoms with Crippen molar-refractivity contribution in [2.24, 2.45) is 0 Å². The van der Waals surface area contributed by atoms with Crippen molar-refractivity contribution in [3.05, 3.63) is 145 Å². The first-order valence-corrected chi connectivity index (χ1v) is 16.5. The van der Waals surface area contributed by atoms with Crippen LogP contribution in [0.1, 0.15) is 52.7 Å². The molecular weight excluding hydrogens is 782 g/mol. The summed E-state index contributed by atoms with van der Waals surface area (Å²) in [5, 5.41) is 11.3. The van der Waals surface area contributed by atoms with Crippen LogP contribution in [0.5, 0.6) is 5.75 Å². The van der Waals surface area contributed by atoms with Crippen LogP contribution in [0.25, 0.3) is 61.6 Å². The van der Waals surface area contributed by atoms with E-state index in [4.69, 9.17) is 4.98 Å². The third kappa shape index (κ3) is 6.50. The van der Waals surface area contributed by atoms with Crippen LogP contribution in [-0.4, -0.2) is 19.6 Å². The molecule has 0 amide bonds. The predicted molar refractivity (Wildman–Crippen MR) is 199 cm³/mol. The molecule has 5 heteroatoms. The molecule has 5 aromatic carbocycles. The molecule has 2 aromatic heterocycles. The van der Waals surface area contributed by atoms with Gasteiger partial charge in [-0.15, -0.1) is 23.8 Å². The Bertz CT molecular complexity index is 2170. The SMILES string of the molecule is CC(C)(C)c1cccc(C(C)(C)C)c1-n1c(-c2ccccc2O)nc2c(-c3[c-]c(-c4ccccn4)cc(-c4ccccc4)c3)cccc21.[Pt]. The largest absolute Gasteiger partial charge is 0.507 e. The van der Waals surface area contributed by atoms with Crippen molar-refractivity contribution >= 4 is 11.0 Å². The average Bonchev–Trinajstić information content (AvgIpc) is 3.47. The van der Waals surface area contributed by atoms with Gasteiger partial charge in [-0.3, -0.25) is 9.55 Å². The first kappa shape index (κ1) is 34.1. The molecule has 0 aliphatic rings. The van der Waals surface area contributed by atoms with E-state index in [1.54, 1.807) is 6.07 Å². The van der Waals surface area contributed by atoms with Gasteiger partial charge in [0, 0.05) is 33.0 Å². The average molecular weight is 822 g/mol. The molecule has 0 radical (unpaired) electrons. The van der Waals surface area contributed by atoms with Gasteiger partial charge < -0.3 is 5.11 Å². The van der Waals surface area contributed by atoms with Gasteiger partial charge in [0.2, 0.25) is 0 Å². The molecular formula is C44H40N3OPt-. The summed E-state index contributed by atoms with van der Waals surface area (Å²) < 4.78 is 2.27. The van der Waals surface area contributed by atoms with Gasteiger partial charge in [0.05, 0.1) is 22.3 Å². The summed E-state index contributed by atoms with van der Waals surface area (Å²) in [6, 6.07) is 44.9. The molecule has 7 aromatic rings. The van der Waals surface area contributed by atoms with Crippen molar-refractivity contribution in [2.75, 3.05) is 0 Å². The van der Waals surface area contributed by atoms with Crippen molar-refractivity contribution in [2.45, 2.75) is 52.4 Å². The normalized spacial score (nSPS) is 11.8. The molecule has 0 saturated heterocycles. The van der Waals surface area contributed by atoms with E-state index in [1.165, 1.54) is 11.1 Å². The van der Waals surface area contributed by atoms with Crippen molar-refractivity contribution in [1.82, 2.24) is 14.5 Å². The monoisotopic (exact) mass is 821 g/mol. The molecule has 0 aliphatic heterocycles. The molecule has 1 N–H and O–H groups in total. The maximum absolute atomic E-state index is 11.3. The maximum atomic E-state index is 11.3. The number of phenolic OH excluding ortho intramolecular Hbond substituents is 1. The topological polar surface area (TPSA) is 50.9 Å². The van der Waals surface area contributed by atoms with Crippen LogP contribution in [0.3, 0.4) is 0 Å². The fourth-order valence-corrected chi connectivity index (χ4v) is 6.55. The molecule has 0 spiro atoms. The summed E-state index contributed by atoms with van der Waals surface area (Å²) in [7, 11) is 0. The molecule has 2 heterocycles. The molecule has 7 rings (SSSR count). The molecule has 0 bridgehead atoms. The fourth-order valence-electron chi connectivity index (χ4n) is 6.55. The Morgan fingerprint density at radius 1 is 0.612 bits per heavy atom. The van der Waals surface area contributed by atoms with Crippen molar-refractivity contribution in [1.29, 1.82) is 0 Å². The van der Waals surface area contributed by atoms with E-state index in [2.05, 4.69) is 130 Å². The van der Waals surface area contributed by atoms with Gasteiger partial charge in [-0.1, -0.05) is 143 Å². The minimum atomic E-state index is -0.157. The number of fused-ring (bicyclic) bond motifs is 1. The van der Waals surface area contributed by atoms with Gasteiger partial charge >= 0.3 is 0 Å². The molecule has 4 nitrogen and oxygen atoms in total. The van der Waals surface area contributed by atoms with Crippen LogP contribution in [0, 0.1) is 6.07 Å². The van der Waals surface area contributed by atoms with E-state index in [1.807, 2.05) is 48.7 Å². The minimum Gasteiger partial charge on any atom is -0.507 e. The number of aromatic hydroxyl groups is 1. The van der Waals surface area contributed by atoms with Crippen LogP contribution < -0.4 is 0 Å². The van der Waals surface area contributed by atoms with E-state index < -0.39 is 0 Å². The number of nitrogens with zero attached hydrogens (tertiary/aromatic N) is 3. The Hall–Kier alpha value is -4.79. The van der Waals surface area contributed by atoms with Crippen molar-refractivity contribution in [3.63, 3.8) is 0 Å². The van der Waals surface area contributed by atoms with Crippen LogP contribution in [0.15, 0.2) is 128 Å². The Morgan fingerprint density at radius 3 is 1.88 bits per heavy atom. The second-order valence-electron chi connectivity index (χ2n) is 14.4.